The van der Waals surface area contributed by atoms with E-state index in [1.165, 1.54) is 16.7 Å². The minimum Gasteiger partial charge on any atom is -0.0835 e. The summed E-state index contributed by atoms with van der Waals surface area (Å²) in [6.07, 6.45) is 0.987. The molecule has 1 unspecified atom stereocenters. The molecule has 0 amide bonds. The average Bonchev–Trinajstić information content (AvgIpc) is 2.32. The van der Waals surface area contributed by atoms with Gasteiger partial charge >= 0.3 is 0 Å². The van der Waals surface area contributed by atoms with Gasteiger partial charge in [0.05, 0.1) is 0 Å². The van der Waals surface area contributed by atoms with E-state index in [2.05, 4.69) is 97.2 Å². The van der Waals surface area contributed by atoms with Crippen molar-refractivity contribution in [1.29, 1.82) is 0 Å². The predicted octanol–water partition coefficient (Wildman–Crippen LogP) is 6.20. The highest BCUT2D eigenvalue weighted by molar-refractivity contribution is 9.11. The molecular formula is C15H13Br3. The highest BCUT2D eigenvalue weighted by Gasteiger charge is 2.12. The van der Waals surface area contributed by atoms with Crippen molar-refractivity contribution in [2.24, 2.45) is 0 Å². The Balaban J connectivity index is 2.16. The number of halogens is 3. The molecule has 0 aliphatic heterocycles. The lowest BCUT2D eigenvalue weighted by atomic mass is 10.0. The molecule has 0 aliphatic rings. The van der Waals surface area contributed by atoms with Crippen LogP contribution in [0.15, 0.2) is 51.4 Å². The lowest BCUT2D eigenvalue weighted by Crippen LogP contribution is -1.96. The zero-order chi connectivity index (χ0) is 13.1. The van der Waals surface area contributed by atoms with Crippen LogP contribution in [0.3, 0.4) is 0 Å². The number of hydrogen-bond donors (Lipinski definition) is 0. The topological polar surface area (TPSA) is 0 Å². The third kappa shape index (κ3) is 3.69. The molecule has 0 bridgehead atoms. The molecule has 0 saturated carbocycles. The summed E-state index contributed by atoms with van der Waals surface area (Å²) in [6.45, 7) is 2.11. The van der Waals surface area contributed by atoms with Gasteiger partial charge in [0.1, 0.15) is 0 Å². The third-order valence-electron chi connectivity index (χ3n) is 2.84. The van der Waals surface area contributed by atoms with E-state index in [1.54, 1.807) is 0 Å². The highest BCUT2D eigenvalue weighted by atomic mass is 79.9. The van der Waals surface area contributed by atoms with Gasteiger partial charge < -0.3 is 0 Å². The van der Waals surface area contributed by atoms with Crippen molar-refractivity contribution in [2.45, 2.75) is 18.2 Å². The Bertz CT molecular complexity index is 532. The van der Waals surface area contributed by atoms with Crippen molar-refractivity contribution >= 4 is 47.8 Å². The highest BCUT2D eigenvalue weighted by Crippen LogP contribution is 2.34. The van der Waals surface area contributed by atoms with Crippen LogP contribution in [0.25, 0.3) is 0 Å². The Labute approximate surface area is 133 Å². The van der Waals surface area contributed by atoms with Crippen LogP contribution in [-0.2, 0) is 6.42 Å². The molecule has 0 radical (unpaired) electrons. The standard InChI is InChI=1S/C15H13Br3/c1-10-2-4-11(5-3-10)8-14(17)13-7-6-12(16)9-15(13)18/h2-7,9,14H,8H2,1H3. The van der Waals surface area contributed by atoms with Gasteiger partial charge in [0.15, 0.2) is 0 Å². The molecule has 94 valence electrons. The maximum atomic E-state index is 3.77. The van der Waals surface area contributed by atoms with E-state index in [0.29, 0.717) is 4.83 Å². The van der Waals surface area contributed by atoms with Gasteiger partial charge in [-0.15, -0.1) is 0 Å². The molecule has 1 atom stereocenters. The van der Waals surface area contributed by atoms with E-state index in [4.69, 9.17) is 0 Å². The number of benzene rings is 2. The number of alkyl halides is 1. The summed E-state index contributed by atoms with van der Waals surface area (Å²) in [5.74, 6) is 0. The summed E-state index contributed by atoms with van der Waals surface area (Å²) in [4.78, 5) is 0.322. The maximum Gasteiger partial charge on any atom is 0.0446 e. The first-order valence-electron chi connectivity index (χ1n) is 5.71. The van der Waals surface area contributed by atoms with Crippen molar-refractivity contribution in [3.05, 3.63) is 68.1 Å². The molecule has 0 heterocycles. The van der Waals surface area contributed by atoms with Crippen LogP contribution in [0.4, 0.5) is 0 Å². The van der Waals surface area contributed by atoms with Gasteiger partial charge in [0.2, 0.25) is 0 Å². The zero-order valence-electron chi connectivity index (χ0n) is 9.96. The fourth-order valence-corrected chi connectivity index (χ4v) is 4.20. The summed E-state index contributed by atoms with van der Waals surface area (Å²) < 4.78 is 2.22. The van der Waals surface area contributed by atoms with Crippen LogP contribution in [0.1, 0.15) is 21.5 Å². The van der Waals surface area contributed by atoms with E-state index < -0.39 is 0 Å². The lowest BCUT2D eigenvalue weighted by Gasteiger charge is -2.13. The Kier molecular flexibility index (Phi) is 5.05. The van der Waals surface area contributed by atoms with E-state index >= 15 is 0 Å². The van der Waals surface area contributed by atoms with Crippen molar-refractivity contribution in [3.8, 4) is 0 Å². The van der Waals surface area contributed by atoms with Crippen LogP contribution < -0.4 is 0 Å². The van der Waals surface area contributed by atoms with Gasteiger partial charge in [0.25, 0.3) is 0 Å². The van der Waals surface area contributed by atoms with Gasteiger partial charge in [-0.2, -0.15) is 0 Å². The maximum absolute atomic E-state index is 3.77. The van der Waals surface area contributed by atoms with E-state index in [9.17, 15) is 0 Å². The Morgan fingerprint density at radius 3 is 2.28 bits per heavy atom. The Morgan fingerprint density at radius 1 is 1.00 bits per heavy atom. The van der Waals surface area contributed by atoms with Crippen LogP contribution >= 0.6 is 47.8 Å². The molecule has 0 aliphatic carbocycles. The summed E-state index contributed by atoms with van der Waals surface area (Å²) in [6, 6.07) is 15.0. The average molecular weight is 433 g/mol. The SMILES string of the molecule is Cc1ccc(CC(Br)c2ccc(Br)cc2Br)cc1. The monoisotopic (exact) mass is 430 g/mol. The van der Waals surface area contributed by atoms with Crippen molar-refractivity contribution in [1.82, 2.24) is 0 Å². The van der Waals surface area contributed by atoms with Crippen molar-refractivity contribution in [3.63, 3.8) is 0 Å². The molecule has 0 fully saturated rings. The van der Waals surface area contributed by atoms with Crippen LogP contribution in [-0.4, -0.2) is 0 Å². The van der Waals surface area contributed by atoms with Crippen LogP contribution in [0.2, 0.25) is 0 Å². The minimum atomic E-state index is 0.322. The predicted molar refractivity (Wildman–Crippen MR) is 88.4 cm³/mol. The van der Waals surface area contributed by atoms with Gasteiger partial charge in [0, 0.05) is 13.8 Å². The van der Waals surface area contributed by atoms with Gasteiger partial charge in [-0.3, -0.25) is 0 Å². The van der Waals surface area contributed by atoms with E-state index in [1.807, 2.05) is 0 Å². The third-order valence-corrected chi connectivity index (χ3v) is 4.83. The van der Waals surface area contributed by atoms with Crippen LogP contribution in [0, 0.1) is 6.92 Å². The molecule has 0 saturated heterocycles. The van der Waals surface area contributed by atoms with Gasteiger partial charge in [-0.1, -0.05) is 83.7 Å². The number of hydrogen-bond acceptors (Lipinski definition) is 0. The summed E-state index contributed by atoms with van der Waals surface area (Å²) in [5.41, 5.74) is 3.92. The molecule has 3 heteroatoms. The molecule has 0 spiro atoms. The first-order valence-corrected chi connectivity index (χ1v) is 8.21. The van der Waals surface area contributed by atoms with Gasteiger partial charge in [-0.25, -0.2) is 0 Å². The second kappa shape index (κ2) is 6.36. The van der Waals surface area contributed by atoms with Crippen molar-refractivity contribution < 1.29 is 0 Å². The van der Waals surface area contributed by atoms with Gasteiger partial charge in [-0.05, 0) is 36.6 Å². The molecule has 0 nitrogen and oxygen atoms in total. The smallest absolute Gasteiger partial charge is 0.0446 e. The Morgan fingerprint density at radius 2 is 1.67 bits per heavy atom. The fraction of sp³-hybridized carbons (Fsp3) is 0.200. The minimum absolute atomic E-state index is 0.322. The second-order valence-corrected chi connectivity index (χ2v) is 7.20. The molecule has 18 heavy (non-hydrogen) atoms. The van der Waals surface area contributed by atoms with E-state index in [0.717, 1.165) is 15.4 Å². The summed E-state index contributed by atoms with van der Waals surface area (Å²) in [5, 5.41) is 0. The molecule has 0 N–H and O–H groups in total. The fourth-order valence-electron chi connectivity index (χ4n) is 1.80. The van der Waals surface area contributed by atoms with Crippen LogP contribution in [0.5, 0.6) is 0 Å². The molecule has 2 rings (SSSR count). The molecule has 0 aromatic heterocycles. The quantitative estimate of drug-likeness (QED) is 0.506. The number of aryl methyl sites for hydroxylation is 1. The van der Waals surface area contributed by atoms with E-state index in [-0.39, 0.29) is 0 Å². The Hall–Kier alpha value is -0.120. The molecular weight excluding hydrogens is 420 g/mol. The molecule has 2 aromatic carbocycles. The largest absolute Gasteiger partial charge is 0.0835 e. The zero-order valence-corrected chi connectivity index (χ0v) is 14.7. The number of rotatable bonds is 3. The van der Waals surface area contributed by atoms with Crippen molar-refractivity contribution in [2.75, 3.05) is 0 Å². The first kappa shape index (κ1) is 14.3. The summed E-state index contributed by atoms with van der Waals surface area (Å²) in [7, 11) is 0. The lowest BCUT2D eigenvalue weighted by molar-refractivity contribution is 0.942. The summed E-state index contributed by atoms with van der Waals surface area (Å²) >= 11 is 10.9. The molecule has 2 aromatic rings. The normalized spacial score (nSPS) is 12.4. The second-order valence-electron chi connectivity index (χ2n) is 4.32. The first-order chi connectivity index (χ1) is 8.56.